The lowest BCUT2D eigenvalue weighted by molar-refractivity contribution is -0.351. The second kappa shape index (κ2) is 24.9. The largest absolute Gasteiger partial charge is 0.462 e. The van der Waals surface area contributed by atoms with Crippen molar-refractivity contribution in [1.29, 1.82) is 0 Å². The Morgan fingerprint density at radius 3 is 1.94 bits per heavy atom. The average Bonchev–Trinajstić information content (AvgIpc) is 3.67. The van der Waals surface area contributed by atoms with Crippen LogP contribution in [0.4, 0.5) is 0 Å². The Hall–Kier alpha value is -1.71. The maximum Gasteiger partial charge on any atom is 0.316 e. The lowest BCUT2D eigenvalue weighted by Crippen LogP contribution is -2.61. The number of esters is 1. The molecular formula is C60H102O17SSi2. The van der Waals surface area contributed by atoms with E-state index in [2.05, 4.69) is 80.7 Å². The number of methoxy groups -OCH3 is 2. The Morgan fingerprint density at radius 2 is 1.35 bits per heavy atom. The molecule has 458 valence electrons. The Bertz CT molecular complexity index is 2390. The fourth-order valence-corrected chi connectivity index (χ4v) is 15.9. The summed E-state index contributed by atoms with van der Waals surface area (Å²) in [5.74, 6) is -3.72. The fourth-order valence-electron chi connectivity index (χ4n) is 12.5. The van der Waals surface area contributed by atoms with E-state index in [1.807, 2.05) is 66.7 Å². The van der Waals surface area contributed by atoms with Crippen LogP contribution in [-0.4, -0.2) is 167 Å². The van der Waals surface area contributed by atoms with Crippen molar-refractivity contribution in [2.45, 2.75) is 275 Å². The Kier molecular flexibility index (Phi) is 20.5. The number of carbonyl (C=O) groups is 1. The van der Waals surface area contributed by atoms with Crippen molar-refractivity contribution in [3.63, 3.8) is 0 Å². The first-order valence-corrected chi connectivity index (χ1v) is 37.1. The molecule has 17 nitrogen and oxygen atoms in total. The van der Waals surface area contributed by atoms with Gasteiger partial charge in [-0.1, -0.05) is 99.6 Å². The van der Waals surface area contributed by atoms with Crippen LogP contribution >= 0.6 is 0 Å². The first-order valence-electron chi connectivity index (χ1n) is 29.5. The van der Waals surface area contributed by atoms with Gasteiger partial charge in [0.25, 0.3) is 10.1 Å². The first-order chi connectivity index (χ1) is 36.9. The number of fused-ring (bicyclic) bond motifs is 2. The monoisotopic (exact) mass is 1180 g/mol. The zero-order chi connectivity index (χ0) is 59.5. The van der Waals surface area contributed by atoms with Crippen molar-refractivity contribution in [2.24, 2.45) is 23.7 Å². The minimum absolute atomic E-state index is 0.0164. The second-order valence-corrected chi connectivity index (χ2v) is 38.9. The number of allylic oxidation sites excluding steroid dienone is 2. The number of hydrogen-bond acceptors (Lipinski definition) is 17. The van der Waals surface area contributed by atoms with E-state index in [0.717, 1.165) is 17.4 Å². The molecule has 0 saturated carbocycles. The molecule has 1 aliphatic carbocycles. The molecule has 0 aromatic rings. The molecule has 6 heterocycles. The fraction of sp³-hybridized carbons (Fsp3) is 0.850. The van der Waals surface area contributed by atoms with Gasteiger partial charge in [-0.05, 0) is 93.0 Å². The van der Waals surface area contributed by atoms with E-state index in [1.165, 1.54) is 0 Å². The summed E-state index contributed by atoms with van der Waals surface area (Å²) < 4.78 is 112. The van der Waals surface area contributed by atoms with E-state index in [4.69, 9.17) is 60.4 Å². The minimum Gasteiger partial charge on any atom is -0.462 e. The third-order valence-electron chi connectivity index (χ3n) is 19.2. The number of carbonyl (C=O) groups excluding carboxylic acids is 1. The third-order valence-corrected chi connectivity index (χ3v) is 28.7. The van der Waals surface area contributed by atoms with Gasteiger partial charge in [0, 0.05) is 58.2 Å². The summed E-state index contributed by atoms with van der Waals surface area (Å²) in [6.07, 6.45) is 4.51. The van der Waals surface area contributed by atoms with Gasteiger partial charge in [0.05, 0.1) is 73.9 Å². The van der Waals surface area contributed by atoms with Crippen LogP contribution in [0.25, 0.3) is 0 Å². The van der Waals surface area contributed by atoms with Crippen molar-refractivity contribution >= 4 is 32.7 Å². The summed E-state index contributed by atoms with van der Waals surface area (Å²) in [5, 5.41) is 13.2. The van der Waals surface area contributed by atoms with Gasteiger partial charge in [0.15, 0.2) is 35.0 Å². The molecule has 1 N–H and O–H groups in total. The third kappa shape index (κ3) is 14.4. The van der Waals surface area contributed by atoms with E-state index in [1.54, 1.807) is 20.3 Å². The Balaban J connectivity index is 1.21. The number of rotatable bonds is 13. The molecule has 0 aromatic carbocycles. The molecule has 7 aliphatic rings. The van der Waals surface area contributed by atoms with E-state index >= 15 is 4.79 Å². The molecule has 0 unspecified atom stereocenters. The van der Waals surface area contributed by atoms with E-state index < -0.39 is 124 Å². The Morgan fingerprint density at radius 1 is 0.762 bits per heavy atom. The number of hydrogen-bond donors (Lipinski definition) is 1. The quantitative estimate of drug-likeness (QED) is 0.0792. The van der Waals surface area contributed by atoms with Crippen LogP contribution in [0.5, 0.6) is 0 Å². The highest BCUT2D eigenvalue weighted by Crippen LogP contribution is 2.51. The first kappa shape index (κ1) is 65.8. The normalized spacial score (nSPS) is 42.7. The molecule has 5 saturated heterocycles. The van der Waals surface area contributed by atoms with Gasteiger partial charge in [-0.15, -0.1) is 0 Å². The van der Waals surface area contributed by atoms with Crippen LogP contribution in [0.2, 0.25) is 36.3 Å². The summed E-state index contributed by atoms with van der Waals surface area (Å²) in [6.45, 7) is 38.1. The summed E-state index contributed by atoms with van der Waals surface area (Å²) in [5.41, 5.74) is 0.379. The lowest BCUT2D eigenvalue weighted by Gasteiger charge is -2.52. The highest BCUT2D eigenvalue weighted by Gasteiger charge is 2.62. The molecule has 7 rings (SSSR count). The topological polar surface area (TPSA) is 191 Å². The van der Waals surface area contributed by atoms with Crippen LogP contribution in [0, 0.1) is 23.7 Å². The van der Waals surface area contributed by atoms with Crippen molar-refractivity contribution in [1.82, 2.24) is 0 Å². The summed E-state index contributed by atoms with van der Waals surface area (Å²) in [4.78, 5) is 15.0. The van der Waals surface area contributed by atoms with Crippen LogP contribution < -0.4 is 0 Å². The summed E-state index contributed by atoms with van der Waals surface area (Å²) in [6, 6.07) is 0. The standard InChI is InChI=1S/C60H102O17SSi2/c1-34(2)50-38(6)47(75-78(17,63)64)32-59(74-50)31-43-28-42(73-59)26-25-36(4)51(35(3)23-22-24-41-33-67-55-52(76-79(18,19)57(9,10)11)37(5)27-44(56(61)70-43)60(41,55)62)71-48-29-45(65-15)53(39(7)68-48)72-49-30-46(66-16)54(40(8)69-49)77-80(20,21)58(12,13)14/h22-25,27,34-35,38-40,42-55,62H,26,28-33H2,1-21H3/b23-22+,36-25+,41-24+/t35-,38-,39-,40+,42+,43-,44-,45-,46+,47-,48-,49+,50+,51-,52+,53-,54+,55+,59-,60+/m0/s1. The van der Waals surface area contributed by atoms with Gasteiger partial charge in [-0.25, -0.2) is 0 Å². The smallest absolute Gasteiger partial charge is 0.316 e. The number of aliphatic hydroxyl groups is 1. The van der Waals surface area contributed by atoms with Crippen LogP contribution in [-0.2, 0) is 75.3 Å². The van der Waals surface area contributed by atoms with Crippen molar-refractivity contribution in [3.05, 3.63) is 47.1 Å². The maximum atomic E-state index is 15.0. The SMILES string of the molecule is CO[C@H]1C[C@H](O[C@@H]2/C(C)=C/C[C@@H]3C[C@@H](C[C@]4(C[C@H](OS(C)(=O)=O)[C@H](C)[C@@H](C(C)C)O4)O3)OC(=O)[C@@H]3C=C(C)[C@@H](O[Si](C)(C)C(C)(C)C)[C@H]4OC/C(=C\C=C\[C@@H]2C)[C@]43O)O[C@@H](C)[C@@H]1O[C@@H]1C[C@@H](OC)[C@H](O[Si](C)(C)C(C)(C)C)[C@@H](C)O1. The zero-order valence-electron chi connectivity index (χ0n) is 52.2. The van der Waals surface area contributed by atoms with Crippen LogP contribution in [0.1, 0.15) is 135 Å². The molecule has 20 atom stereocenters. The van der Waals surface area contributed by atoms with Gasteiger partial charge < -0.3 is 61.3 Å². The van der Waals surface area contributed by atoms with Crippen LogP contribution in [0.15, 0.2) is 47.1 Å². The molecule has 6 aliphatic heterocycles. The van der Waals surface area contributed by atoms with E-state index in [-0.39, 0.29) is 65.6 Å². The van der Waals surface area contributed by atoms with Crippen LogP contribution in [0.3, 0.4) is 0 Å². The average molecular weight is 1180 g/mol. The van der Waals surface area contributed by atoms with Crippen molar-refractivity contribution < 1.29 is 78.7 Å². The Labute approximate surface area is 482 Å². The van der Waals surface area contributed by atoms with Gasteiger partial charge in [0.1, 0.15) is 29.8 Å². The molecule has 0 radical (unpaired) electrons. The van der Waals surface area contributed by atoms with Gasteiger partial charge in [0.2, 0.25) is 0 Å². The predicted molar refractivity (Wildman–Crippen MR) is 310 cm³/mol. The van der Waals surface area contributed by atoms with Gasteiger partial charge >= 0.3 is 5.97 Å². The highest BCUT2D eigenvalue weighted by molar-refractivity contribution is 7.86. The van der Waals surface area contributed by atoms with Crippen molar-refractivity contribution in [3.8, 4) is 0 Å². The maximum absolute atomic E-state index is 15.0. The molecule has 2 bridgehead atoms. The predicted octanol–water partition coefficient (Wildman–Crippen LogP) is 10.2. The molecule has 80 heavy (non-hydrogen) atoms. The van der Waals surface area contributed by atoms with Gasteiger partial charge in [-0.2, -0.15) is 8.42 Å². The second-order valence-electron chi connectivity index (χ2n) is 27.8. The molecule has 1 spiro atoms. The van der Waals surface area contributed by atoms with E-state index in [9.17, 15) is 13.5 Å². The summed E-state index contributed by atoms with van der Waals surface area (Å²) >= 11 is 0. The van der Waals surface area contributed by atoms with Gasteiger partial charge in [-0.3, -0.25) is 8.98 Å². The highest BCUT2D eigenvalue weighted by atomic mass is 32.2. The molecule has 20 heteroatoms. The van der Waals surface area contributed by atoms with E-state index in [0.29, 0.717) is 31.3 Å². The zero-order valence-corrected chi connectivity index (χ0v) is 55.0. The molecule has 5 fully saturated rings. The van der Waals surface area contributed by atoms with Crippen molar-refractivity contribution in [2.75, 3.05) is 27.1 Å². The molecule has 0 amide bonds. The summed E-state index contributed by atoms with van der Waals surface area (Å²) in [7, 11) is -5.07. The number of ether oxygens (including phenoxy) is 10. The molecular weight excluding hydrogens is 1080 g/mol. The molecule has 0 aromatic heterocycles. The minimum atomic E-state index is -3.88. The lowest BCUT2D eigenvalue weighted by atomic mass is 9.71.